The lowest BCUT2D eigenvalue weighted by molar-refractivity contribution is -0.135. The highest BCUT2D eigenvalue weighted by Crippen LogP contribution is 2.54. The van der Waals surface area contributed by atoms with Crippen LogP contribution in [-0.2, 0) is 31.8 Å². The quantitative estimate of drug-likeness (QED) is 0.257. The van der Waals surface area contributed by atoms with Gasteiger partial charge in [0.15, 0.2) is 5.78 Å². The Balaban J connectivity index is 1.20. The molecule has 3 heterocycles. The Hall–Kier alpha value is -4.92. The van der Waals surface area contributed by atoms with Gasteiger partial charge in [0.2, 0.25) is 11.8 Å². The lowest BCUT2D eigenvalue weighted by atomic mass is 9.58. The molecule has 3 aliphatic carbocycles. The molecule has 5 aliphatic rings. The first-order chi connectivity index (χ1) is 25.7. The highest BCUT2D eigenvalue weighted by molar-refractivity contribution is 6.04. The van der Waals surface area contributed by atoms with Gasteiger partial charge in [-0.2, -0.15) is 5.26 Å². The molecule has 2 amide bonds. The zero-order valence-corrected chi connectivity index (χ0v) is 32.5. The van der Waals surface area contributed by atoms with Crippen molar-refractivity contribution in [2.45, 2.75) is 116 Å². The maximum atomic E-state index is 17.0. The number of aryl methyl sites for hydroxylation is 1. The molecule has 289 valence electrons. The molecular formula is C43H48F2N5O5. The molecule has 1 aromatic heterocycles. The molecule has 2 saturated heterocycles. The summed E-state index contributed by atoms with van der Waals surface area (Å²) >= 11 is 0. The number of hydrogen-bond donors (Lipinski definition) is 1. The van der Waals surface area contributed by atoms with E-state index >= 15 is 8.78 Å². The smallest absolute Gasteiger partial charge is 0.408 e. The fourth-order valence-electron chi connectivity index (χ4n) is 8.64. The number of carbonyl (C=O) groups is 3. The molecule has 2 aliphatic heterocycles. The first kappa shape index (κ1) is 38.4. The van der Waals surface area contributed by atoms with Crippen molar-refractivity contribution in [3.63, 3.8) is 0 Å². The number of nitrogens with zero attached hydrogens (tertiary/aromatic N) is 4. The summed E-state index contributed by atoms with van der Waals surface area (Å²) in [5.41, 5.74) is 0.0591. The summed E-state index contributed by atoms with van der Waals surface area (Å²) in [6.45, 7) is 13.7. The number of alkyl carbamates (subject to hydrolysis) is 1. The summed E-state index contributed by atoms with van der Waals surface area (Å²) in [7, 11) is 0. The van der Waals surface area contributed by atoms with Gasteiger partial charge in [-0.05, 0) is 117 Å². The van der Waals surface area contributed by atoms with Crippen LogP contribution in [0.3, 0.4) is 0 Å². The normalized spacial score (nSPS) is 26.3. The van der Waals surface area contributed by atoms with Crippen molar-refractivity contribution >= 4 is 17.8 Å². The van der Waals surface area contributed by atoms with Crippen molar-refractivity contribution in [3.05, 3.63) is 87.9 Å². The van der Waals surface area contributed by atoms with Gasteiger partial charge in [0.25, 0.3) is 5.89 Å². The average Bonchev–Trinajstić information content (AvgIpc) is 3.77. The van der Waals surface area contributed by atoms with Gasteiger partial charge in [-0.3, -0.25) is 9.59 Å². The first-order valence-corrected chi connectivity index (χ1v) is 19.0. The van der Waals surface area contributed by atoms with Gasteiger partial charge < -0.3 is 19.4 Å². The number of Topliss-reactive ketones (excluding diaryl/α,β-unsaturated/α-hetero) is 1. The lowest BCUT2D eigenvalue weighted by Gasteiger charge is -2.54. The number of carbonyl (C=O) groups excluding carboxylic acids is 3. The molecule has 3 fully saturated rings. The number of allylic oxidation sites excluding steroid dienone is 1. The number of ether oxygens (including phenoxy) is 1. The van der Waals surface area contributed by atoms with E-state index in [0.29, 0.717) is 48.9 Å². The number of fused-ring (bicyclic) bond motifs is 3. The largest absolute Gasteiger partial charge is 0.444 e. The molecule has 55 heavy (non-hydrogen) atoms. The number of alkyl halides is 1. The zero-order valence-electron chi connectivity index (χ0n) is 32.5. The second-order valence-corrected chi connectivity index (χ2v) is 18.1. The van der Waals surface area contributed by atoms with Gasteiger partial charge >= 0.3 is 6.09 Å². The maximum Gasteiger partial charge on any atom is 0.408 e. The lowest BCUT2D eigenvalue weighted by Crippen LogP contribution is -2.60. The number of hydrogen-bond acceptors (Lipinski definition) is 8. The number of benzene rings is 2. The number of ketones is 1. The van der Waals surface area contributed by atoms with E-state index < -0.39 is 47.0 Å². The summed E-state index contributed by atoms with van der Waals surface area (Å²) in [5, 5.41) is 20.5. The van der Waals surface area contributed by atoms with Crippen LogP contribution < -0.4 is 5.32 Å². The highest BCUT2D eigenvalue weighted by Gasteiger charge is 2.56. The van der Waals surface area contributed by atoms with E-state index in [4.69, 9.17) is 9.15 Å². The van der Waals surface area contributed by atoms with Gasteiger partial charge in [0.05, 0.1) is 28.7 Å². The van der Waals surface area contributed by atoms with Crippen LogP contribution in [0.4, 0.5) is 13.6 Å². The van der Waals surface area contributed by atoms with Gasteiger partial charge in [-0.15, -0.1) is 10.2 Å². The third-order valence-corrected chi connectivity index (χ3v) is 11.4. The molecule has 1 saturated carbocycles. The summed E-state index contributed by atoms with van der Waals surface area (Å²) in [6.07, 6.45) is 3.06. The SMILES string of the molecule is CC(C)(C)OC(=O)NC1CC(C)(F)c2cc(F)c(-c3nnc(C45CC(CN(C(=O)C6=C(C(C)(C)C)[CH]6)C4)C5)o3)cc2C(CCc2ccc(C#N)cc2)CC1=O. The Morgan fingerprint density at radius 3 is 2.44 bits per heavy atom. The number of aromatic nitrogens is 2. The van der Waals surface area contributed by atoms with E-state index in [9.17, 15) is 19.6 Å². The van der Waals surface area contributed by atoms with Gasteiger partial charge in [0.1, 0.15) is 17.1 Å². The second-order valence-electron chi connectivity index (χ2n) is 18.1. The Bertz CT molecular complexity index is 2110. The fourth-order valence-corrected chi connectivity index (χ4v) is 8.64. The second kappa shape index (κ2) is 13.7. The number of nitrogens with one attached hydrogen (secondary N) is 1. The van der Waals surface area contributed by atoms with Crippen LogP contribution in [0.25, 0.3) is 11.5 Å². The standard InChI is InChI=1S/C43H48F2N5O5/c1-40(2,3)31-16-29(31)37(52)50-22-26-18-43(19-26,23-50)38-49-48-36(54-38)30-15-28-27(13-12-24-8-10-25(21-46)11-9-24)14-35(51)34(47-39(53)55-41(4,5)6)20-42(7,45)32(28)17-33(30)44/h8-11,15-17,26-27,34H,12-14,18-20,22-23H2,1-7H3,(H,47,53). The summed E-state index contributed by atoms with van der Waals surface area (Å²) in [5.74, 6) is -1.13. The van der Waals surface area contributed by atoms with Crippen LogP contribution in [0.1, 0.15) is 115 Å². The predicted octanol–water partition coefficient (Wildman–Crippen LogP) is 7.96. The molecule has 3 aromatic rings. The molecule has 0 spiro atoms. The molecule has 3 unspecified atom stereocenters. The summed E-state index contributed by atoms with van der Waals surface area (Å²) < 4.78 is 44.9. The Kier molecular flexibility index (Phi) is 9.54. The minimum atomic E-state index is -2.23. The molecule has 10 nitrogen and oxygen atoms in total. The topological polar surface area (TPSA) is 138 Å². The molecule has 8 rings (SSSR count). The van der Waals surface area contributed by atoms with Crippen LogP contribution in [-0.4, -0.2) is 57.6 Å². The van der Waals surface area contributed by atoms with Crippen LogP contribution in [0, 0.1) is 34.9 Å². The van der Waals surface area contributed by atoms with Crippen LogP contribution >= 0.6 is 0 Å². The fraction of sp³-hybridized carbons (Fsp3) is 0.512. The van der Waals surface area contributed by atoms with E-state index in [0.717, 1.165) is 35.6 Å². The minimum Gasteiger partial charge on any atom is -0.444 e. The number of rotatable bonds is 7. The maximum absolute atomic E-state index is 17.0. The Morgan fingerprint density at radius 2 is 1.80 bits per heavy atom. The molecule has 3 atom stereocenters. The van der Waals surface area contributed by atoms with E-state index in [1.165, 1.54) is 13.0 Å². The van der Waals surface area contributed by atoms with Crippen LogP contribution in [0.2, 0.25) is 0 Å². The van der Waals surface area contributed by atoms with Crippen LogP contribution in [0.5, 0.6) is 0 Å². The third kappa shape index (κ3) is 7.80. The summed E-state index contributed by atoms with van der Waals surface area (Å²) in [6, 6.07) is 10.7. The average molecular weight is 753 g/mol. The van der Waals surface area contributed by atoms with E-state index in [1.54, 1.807) is 32.9 Å². The van der Waals surface area contributed by atoms with E-state index in [-0.39, 0.29) is 40.5 Å². The first-order valence-electron chi connectivity index (χ1n) is 19.0. The van der Waals surface area contributed by atoms with Crippen LogP contribution in [0.15, 0.2) is 52.0 Å². The predicted molar refractivity (Wildman–Crippen MR) is 200 cm³/mol. The monoisotopic (exact) mass is 752 g/mol. The molecule has 1 radical (unpaired) electrons. The van der Waals surface area contributed by atoms with E-state index in [2.05, 4.69) is 42.4 Å². The van der Waals surface area contributed by atoms with Gasteiger partial charge in [-0.1, -0.05) is 32.9 Å². The minimum absolute atomic E-state index is 0.00306. The zero-order chi connectivity index (χ0) is 39.7. The van der Waals surface area contributed by atoms with Gasteiger partial charge in [-0.25, -0.2) is 13.6 Å². The number of amides is 2. The molecule has 12 heteroatoms. The highest BCUT2D eigenvalue weighted by atomic mass is 19.1. The summed E-state index contributed by atoms with van der Waals surface area (Å²) in [4.78, 5) is 42.0. The van der Waals surface area contributed by atoms with Crippen molar-refractivity contribution in [2.75, 3.05) is 13.1 Å². The van der Waals surface area contributed by atoms with Crippen molar-refractivity contribution in [2.24, 2.45) is 11.3 Å². The molecule has 2 aromatic carbocycles. The van der Waals surface area contributed by atoms with Gasteiger partial charge in [0, 0.05) is 37.9 Å². The molecule has 2 bridgehead atoms. The third-order valence-electron chi connectivity index (χ3n) is 11.4. The van der Waals surface area contributed by atoms with E-state index in [1.807, 2.05) is 23.5 Å². The number of nitriles is 1. The van der Waals surface area contributed by atoms with Crippen molar-refractivity contribution in [3.8, 4) is 17.5 Å². The van der Waals surface area contributed by atoms with Crippen molar-refractivity contribution < 1.29 is 32.3 Å². The number of piperidine rings is 2. The van der Waals surface area contributed by atoms with Crippen molar-refractivity contribution in [1.29, 1.82) is 5.26 Å². The molecule has 1 N–H and O–H groups in total. The Morgan fingerprint density at radius 1 is 1.09 bits per heavy atom. The molecular weight excluding hydrogens is 704 g/mol. The Labute approximate surface area is 320 Å². The number of halogens is 2. The van der Waals surface area contributed by atoms with Crippen molar-refractivity contribution in [1.82, 2.24) is 20.4 Å².